The Labute approximate surface area is 254 Å². The Kier molecular flexibility index (Phi) is 11.9. The second kappa shape index (κ2) is 14.9. The molecule has 40 heavy (non-hydrogen) atoms. The first-order chi connectivity index (χ1) is 19.0. The fourth-order valence-corrected chi connectivity index (χ4v) is 5.73. The summed E-state index contributed by atoms with van der Waals surface area (Å²) in [7, 11) is -3.90. The number of unbranched alkanes of at least 4 members (excludes halogenated alkanes) is 1. The average Bonchev–Trinajstić information content (AvgIpc) is 2.91. The van der Waals surface area contributed by atoms with Crippen LogP contribution in [0.1, 0.15) is 30.9 Å². The number of benzene rings is 3. The van der Waals surface area contributed by atoms with Crippen molar-refractivity contribution < 1.29 is 18.0 Å². The van der Waals surface area contributed by atoms with E-state index < -0.39 is 28.5 Å². The summed E-state index contributed by atoms with van der Waals surface area (Å²) >= 11 is 15.7. The highest BCUT2D eigenvalue weighted by Crippen LogP contribution is 2.29. The van der Waals surface area contributed by atoms with Crippen molar-refractivity contribution in [2.45, 2.75) is 38.8 Å². The molecule has 0 aromatic heterocycles. The number of carbonyl (C=O) groups is 2. The van der Waals surface area contributed by atoms with Crippen LogP contribution >= 0.6 is 39.1 Å². The molecule has 0 saturated heterocycles. The first-order valence-electron chi connectivity index (χ1n) is 12.8. The Morgan fingerprint density at radius 2 is 1.65 bits per heavy atom. The van der Waals surface area contributed by atoms with E-state index in [2.05, 4.69) is 21.2 Å². The zero-order chi connectivity index (χ0) is 29.3. The summed E-state index contributed by atoms with van der Waals surface area (Å²) in [5.74, 6) is -0.843. The number of hydrogen-bond donors (Lipinski definition) is 1. The van der Waals surface area contributed by atoms with E-state index in [9.17, 15) is 18.0 Å². The highest BCUT2D eigenvalue weighted by Gasteiger charge is 2.33. The predicted octanol–water partition coefficient (Wildman–Crippen LogP) is 6.08. The van der Waals surface area contributed by atoms with Crippen LogP contribution in [0.5, 0.6) is 0 Å². The van der Waals surface area contributed by atoms with Crippen molar-refractivity contribution in [3.8, 4) is 0 Å². The van der Waals surface area contributed by atoms with Gasteiger partial charge in [-0.25, -0.2) is 8.42 Å². The van der Waals surface area contributed by atoms with E-state index in [1.54, 1.807) is 0 Å². The maximum absolute atomic E-state index is 14.0. The molecule has 2 amide bonds. The number of nitrogens with one attached hydrogen (secondary N) is 1. The molecule has 0 heterocycles. The molecule has 0 saturated carbocycles. The van der Waals surface area contributed by atoms with E-state index in [0.29, 0.717) is 6.54 Å². The van der Waals surface area contributed by atoms with Gasteiger partial charge in [0.25, 0.3) is 0 Å². The highest BCUT2D eigenvalue weighted by molar-refractivity contribution is 9.10. The molecule has 0 aliphatic rings. The second-order valence-electron chi connectivity index (χ2n) is 9.37. The molecule has 1 atom stereocenters. The van der Waals surface area contributed by atoms with Crippen molar-refractivity contribution in [2.75, 3.05) is 23.7 Å². The van der Waals surface area contributed by atoms with Crippen molar-refractivity contribution in [2.24, 2.45) is 0 Å². The average molecular weight is 669 g/mol. The maximum atomic E-state index is 14.0. The summed E-state index contributed by atoms with van der Waals surface area (Å²) in [4.78, 5) is 29.1. The molecular formula is C29H32BrCl2N3O4S. The standard InChI is InChI=1S/C29H32BrCl2N3O4S/c1-3-4-15-33-29(37)27(17-21-9-6-5-7-10-21)34(19-22-11-8-12-23(30)16-22)28(36)20-35(40(2,38)39)24-13-14-25(31)26(32)18-24/h5-14,16,18,27H,3-4,15,17,19-20H2,1-2H3,(H,33,37)/t27-/m0/s1. The molecule has 0 aliphatic heterocycles. The third-order valence-corrected chi connectivity index (χ3v) is 8.59. The van der Waals surface area contributed by atoms with Gasteiger partial charge in [0.1, 0.15) is 12.6 Å². The Bertz CT molecular complexity index is 1420. The van der Waals surface area contributed by atoms with Crippen molar-refractivity contribution in [3.05, 3.63) is 98.4 Å². The lowest BCUT2D eigenvalue weighted by Gasteiger charge is -2.33. The minimum absolute atomic E-state index is 0.0932. The van der Waals surface area contributed by atoms with Crippen LogP contribution in [-0.4, -0.2) is 50.5 Å². The lowest BCUT2D eigenvalue weighted by atomic mass is 10.0. The van der Waals surface area contributed by atoms with Gasteiger partial charge in [0.15, 0.2) is 0 Å². The molecule has 3 rings (SSSR count). The smallest absolute Gasteiger partial charge is 0.244 e. The SMILES string of the molecule is CCCCNC(=O)[C@H](Cc1ccccc1)N(Cc1cccc(Br)c1)C(=O)CN(c1ccc(Cl)c(Cl)c1)S(C)(=O)=O. The molecule has 11 heteroatoms. The predicted molar refractivity (Wildman–Crippen MR) is 165 cm³/mol. The van der Waals surface area contributed by atoms with E-state index in [1.165, 1.54) is 23.1 Å². The van der Waals surface area contributed by atoms with Gasteiger partial charge in [-0.2, -0.15) is 0 Å². The van der Waals surface area contributed by atoms with Gasteiger partial charge in [-0.3, -0.25) is 13.9 Å². The van der Waals surface area contributed by atoms with Crippen LogP contribution in [0.25, 0.3) is 0 Å². The van der Waals surface area contributed by atoms with E-state index in [4.69, 9.17) is 23.2 Å². The number of anilines is 1. The van der Waals surface area contributed by atoms with Gasteiger partial charge in [-0.15, -0.1) is 0 Å². The van der Waals surface area contributed by atoms with Crippen molar-refractivity contribution in [1.29, 1.82) is 0 Å². The number of amides is 2. The highest BCUT2D eigenvalue weighted by atomic mass is 79.9. The summed E-state index contributed by atoms with van der Waals surface area (Å²) in [6.45, 7) is 2.06. The Morgan fingerprint density at radius 1 is 0.950 bits per heavy atom. The topological polar surface area (TPSA) is 86.8 Å². The number of halogens is 3. The molecule has 3 aromatic rings. The molecule has 3 aromatic carbocycles. The van der Waals surface area contributed by atoms with E-state index in [1.807, 2.05) is 61.5 Å². The van der Waals surface area contributed by atoms with Gasteiger partial charge >= 0.3 is 0 Å². The summed E-state index contributed by atoms with van der Waals surface area (Å²) in [5, 5.41) is 3.37. The molecule has 0 fully saturated rings. The van der Waals surface area contributed by atoms with Crippen LogP contribution in [0.4, 0.5) is 5.69 Å². The fraction of sp³-hybridized carbons (Fsp3) is 0.310. The van der Waals surface area contributed by atoms with Crippen LogP contribution in [0.15, 0.2) is 77.3 Å². The number of nitrogens with zero attached hydrogens (tertiary/aromatic N) is 2. The van der Waals surface area contributed by atoms with Crippen LogP contribution in [0.3, 0.4) is 0 Å². The van der Waals surface area contributed by atoms with Gasteiger partial charge in [0, 0.05) is 24.0 Å². The van der Waals surface area contributed by atoms with Crippen molar-refractivity contribution >= 4 is 66.7 Å². The quantitative estimate of drug-likeness (QED) is 0.224. The fourth-order valence-electron chi connectivity index (χ4n) is 4.15. The van der Waals surface area contributed by atoms with Crippen LogP contribution < -0.4 is 9.62 Å². The minimum Gasteiger partial charge on any atom is -0.354 e. The Balaban J connectivity index is 2.04. The molecule has 0 aliphatic carbocycles. The monoisotopic (exact) mass is 667 g/mol. The summed E-state index contributed by atoms with van der Waals surface area (Å²) in [6.07, 6.45) is 2.96. The Hall–Kier alpha value is -2.59. The van der Waals surface area contributed by atoms with Crippen molar-refractivity contribution in [1.82, 2.24) is 10.2 Å². The molecule has 1 N–H and O–H groups in total. The number of rotatable bonds is 13. The lowest BCUT2D eigenvalue weighted by molar-refractivity contribution is -0.140. The van der Waals surface area contributed by atoms with Crippen LogP contribution in [-0.2, 0) is 32.6 Å². The maximum Gasteiger partial charge on any atom is 0.244 e. The van der Waals surface area contributed by atoms with Crippen LogP contribution in [0.2, 0.25) is 10.0 Å². The molecule has 0 bridgehead atoms. The normalized spacial score (nSPS) is 12.0. The van der Waals surface area contributed by atoms with Gasteiger partial charge < -0.3 is 10.2 Å². The molecule has 7 nitrogen and oxygen atoms in total. The second-order valence-corrected chi connectivity index (χ2v) is 13.0. The Morgan fingerprint density at radius 3 is 2.27 bits per heavy atom. The lowest BCUT2D eigenvalue weighted by Crippen LogP contribution is -2.53. The molecule has 0 spiro atoms. The van der Waals surface area contributed by atoms with Gasteiger partial charge in [-0.1, -0.05) is 94.9 Å². The summed E-state index contributed by atoms with van der Waals surface area (Å²) < 4.78 is 27.5. The first-order valence-corrected chi connectivity index (χ1v) is 16.2. The summed E-state index contributed by atoms with van der Waals surface area (Å²) in [6, 6.07) is 20.3. The molecule has 0 radical (unpaired) electrons. The third-order valence-electron chi connectivity index (χ3n) is 6.21. The van der Waals surface area contributed by atoms with Crippen molar-refractivity contribution in [3.63, 3.8) is 0 Å². The van der Waals surface area contributed by atoms with E-state index in [-0.39, 0.29) is 34.6 Å². The van der Waals surface area contributed by atoms with Gasteiger partial charge in [0.2, 0.25) is 21.8 Å². The number of hydrogen-bond acceptors (Lipinski definition) is 4. The first kappa shape index (κ1) is 31.9. The minimum atomic E-state index is -3.90. The molecule has 0 unspecified atom stereocenters. The zero-order valence-electron chi connectivity index (χ0n) is 22.3. The molecule has 214 valence electrons. The largest absolute Gasteiger partial charge is 0.354 e. The summed E-state index contributed by atoms with van der Waals surface area (Å²) in [5.41, 5.74) is 1.84. The van der Waals surface area contributed by atoms with E-state index >= 15 is 0 Å². The third kappa shape index (κ3) is 9.23. The zero-order valence-corrected chi connectivity index (χ0v) is 26.2. The number of sulfonamides is 1. The van der Waals surface area contributed by atoms with Gasteiger partial charge in [0.05, 0.1) is 22.0 Å². The van der Waals surface area contributed by atoms with Crippen LogP contribution in [0, 0.1) is 0 Å². The van der Waals surface area contributed by atoms with Gasteiger partial charge in [-0.05, 0) is 47.9 Å². The number of carbonyl (C=O) groups excluding carboxylic acids is 2. The van der Waals surface area contributed by atoms with E-state index in [0.717, 1.165) is 39.0 Å². The molecular weight excluding hydrogens is 637 g/mol.